The van der Waals surface area contributed by atoms with Crippen LogP contribution < -0.4 is 5.73 Å². The molecule has 2 amide bonds. The molecule has 1 saturated carbocycles. The van der Waals surface area contributed by atoms with Gasteiger partial charge in [-0.2, -0.15) is 0 Å². The number of aliphatic hydroxyl groups is 2. The molecule has 2 unspecified atom stereocenters. The maximum absolute atomic E-state index is 13.6. The fourth-order valence-corrected chi connectivity index (χ4v) is 4.24. The first-order valence-corrected chi connectivity index (χ1v) is 10.0. The summed E-state index contributed by atoms with van der Waals surface area (Å²) in [7, 11) is 0. The Balaban J connectivity index is 3.30. The van der Waals surface area contributed by atoms with Gasteiger partial charge < -0.3 is 20.8 Å². The van der Waals surface area contributed by atoms with Crippen LogP contribution in [0.2, 0.25) is 0 Å². The fourth-order valence-electron chi connectivity index (χ4n) is 4.24. The summed E-state index contributed by atoms with van der Waals surface area (Å²) in [5, 5.41) is 20.0. The summed E-state index contributed by atoms with van der Waals surface area (Å²) in [5.41, 5.74) is 4.51. The molecular weight excluding hydrogens is 332 g/mol. The molecule has 0 aromatic heterocycles. The van der Waals surface area contributed by atoms with Crippen molar-refractivity contribution in [3.8, 4) is 0 Å². The molecule has 0 spiro atoms. The molecule has 152 valence electrons. The molecule has 0 aromatic rings. The van der Waals surface area contributed by atoms with E-state index in [1.807, 2.05) is 27.7 Å². The molecule has 0 saturated heterocycles. The van der Waals surface area contributed by atoms with Crippen molar-refractivity contribution in [1.82, 2.24) is 4.90 Å². The summed E-state index contributed by atoms with van der Waals surface area (Å²) in [6, 6.07) is -0.840. The number of carbonyl (C=O) groups is 2. The molecule has 26 heavy (non-hydrogen) atoms. The van der Waals surface area contributed by atoms with Crippen molar-refractivity contribution in [2.75, 3.05) is 13.2 Å². The lowest BCUT2D eigenvalue weighted by Gasteiger charge is -2.44. The molecule has 1 fully saturated rings. The molecule has 4 N–H and O–H groups in total. The monoisotopic (exact) mass is 370 g/mol. The zero-order valence-electron chi connectivity index (χ0n) is 16.9. The Hall–Kier alpha value is -1.14. The third-order valence-corrected chi connectivity index (χ3v) is 5.52. The summed E-state index contributed by atoms with van der Waals surface area (Å²) in [6.07, 6.45) is 4.73. The highest BCUT2D eigenvalue weighted by Gasteiger charge is 2.49. The van der Waals surface area contributed by atoms with Gasteiger partial charge in [0.1, 0.15) is 5.41 Å². The summed E-state index contributed by atoms with van der Waals surface area (Å²) in [6.45, 7) is 7.76. The topological polar surface area (TPSA) is 104 Å². The molecule has 2 atom stereocenters. The van der Waals surface area contributed by atoms with Crippen LogP contribution in [0.3, 0.4) is 0 Å². The number of nitrogens with two attached hydrogens (primary N) is 1. The van der Waals surface area contributed by atoms with E-state index >= 15 is 0 Å². The maximum atomic E-state index is 13.6. The largest absolute Gasteiger partial charge is 0.394 e. The van der Waals surface area contributed by atoms with Gasteiger partial charge in [-0.3, -0.25) is 9.59 Å². The first-order valence-electron chi connectivity index (χ1n) is 10.0. The Morgan fingerprint density at radius 3 is 1.65 bits per heavy atom. The highest BCUT2D eigenvalue weighted by Crippen LogP contribution is 2.39. The van der Waals surface area contributed by atoms with Gasteiger partial charge in [0.05, 0.1) is 25.3 Å². The lowest BCUT2D eigenvalue weighted by Crippen LogP contribution is -2.59. The zero-order chi connectivity index (χ0) is 19.9. The molecule has 0 radical (unpaired) electrons. The van der Waals surface area contributed by atoms with E-state index in [9.17, 15) is 19.8 Å². The van der Waals surface area contributed by atoms with Crippen LogP contribution >= 0.6 is 0 Å². The minimum absolute atomic E-state index is 0.187. The van der Waals surface area contributed by atoms with Crippen molar-refractivity contribution in [2.45, 2.75) is 84.7 Å². The first-order chi connectivity index (χ1) is 12.2. The number of hydrogen-bond donors (Lipinski definition) is 3. The van der Waals surface area contributed by atoms with Crippen LogP contribution in [0.1, 0.15) is 72.6 Å². The summed E-state index contributed by atoms with van der Waals surface area (Å²) in [4.78, 5) is 27.6. The van der Waals surface area contributed by atoms with E-state index in [1.54, 1.807) is 4.90 Å². The standard InChI is InChI=1S/C20H38N2O4/c1-14(2)10-16(12-23)22(17(13-24)11-15(3)4)19(26)20(18(21)25)8-6-5-7-9-20/h14-17,23-24H,5-13H2,1-4H3,(H2,21,25). The van der Waals surface area contributed by atoms with Gasteiger partial charge in [0.2, 0.25) is 11.8 Å². The van der Waals surface area contributed by atoms with E-state index in [0.29, 0.717) is 25.7 Å². The molecule has 1 aliphatic rings. The molecule has 1 rings (SSSR count). The molecule has 6 heteroatoms. The van der Waals surface area contributed by atoms with E-state index in [1.165, 1.54) is 0 Å². The lowest BCUT2D eigenvalue weighted by molar-refractivity contribution is -0.158. The van der Waals surface area contributed by atoms with Gasteiger partial charge in [0, 0.05) is 0 Å². The van der Waals surface area contributed by atoms with Crippen molar-refractivity contribution >= 4 is 11.8 Å². The third kappa shape index (κ3) is 5.43. The molecule has 0 bridgehead atoms. The summed E-state index contributed by atoms with van der Waals surface area (Å²) < 4.78 is 0. The highest BCUT2D eigenvalue weighted by atomic mass is 16.3. The predicted octanol–water partition coefficient (Wildman–Crippen LogP) is 2.06. The normalized spacial score (nSPS) is 19.4. The second-order valence-corrected chi connectivity index (χ2v) is 8.65. The van der Waals surface area contributed by atoms with Gasteiger partial charge in [0.15, 0.2) is 0 Å². The van der Waals surface area contributed by atoms with Crippen molar-refractivity contribution in [2.24, 2.45) is 23.0 Å². The van der Waals surface area contributed by atoms with Gasteiger partial charge >= 0.3 is 0 Å². The Kier molecular flexibility index (Phi) is 9.04. The second-order valence-electron chi connectivity index (χ2n) is 8.65. The van der Waals surface area contributed by atoms with Gasteiger partial charge in [-0.1, -0.05) is 47.0 Å². The van der Waals surface area contributed by atoms with Crippen LogP contribution in [0.15, 0.2) is 0 Å². The summed E-state index contributed by atoms with van der Waals surface area (Å²) >= 11 is 0. The van der Waals surface area contributed by atoms with Crippen molar-refractivity contribution in [1.29, 1.82) is 0 Å². The molecule has 6 nitrogen and oxygen atoms in total. The van der Waals surface area contributed by atoms with Crippen LogP contribution in [0.4, 0.5) is 0 Å². The average molecular weight is 371 g/mol. The third-order valence-electron chi connectivity index (χ3n) is 5.52. The minimum Gasteiger partial charge on any atom is -0.394 e. The highest BCUT2D eigenvalue weighted by molar-refractivity contribution is 6.04. The van der Waals surface area contributed by atoms with Crippen molar-refractivity contribution in [3.63, 3.8) is 0 Å². The van der Waals surface area contributed by atoms with Gasteiger partial charge in [-0.25, -0.2) is 0 Å². The van der Waals surface area contributed by atoms with Crippen LogP contribution in [0.5, 0.6) is 0 Å². The molecule has 1 aliphatic carbocycles. The van der Waals surface area contributed by atoms with Crippen LogP contribution in [0.25, 0.3) is 0 Å². The Labute approximate surface area is 158 Å². The van der Waals surface area contributed by atoms with E-state index in [-0.39, 0.29) is 31.0 Å². The van der Waals surface area contributed by atoms with E-state index in [0.717, 1.165) is 19.3 Å². The van der Waals surface area contributed by atoms with Gasteiger partial charge in [-0.05, 0) is 37.5 Å². The quantitative estimate of drug-likeness (QED) is 0.512. The number of aliphatic hydroxyl groups excluding tert-OH is 2. The Morgan fingerprint density at radius 2 is 1.35 bits per heavy atom. The van der Waals surface area contributed by atoms with Crippen LogP contribution in [-0.2, 0) is 9.59 Å². The smallest absolute Gasteiger partial charge is 0.238 e. The SMILES string of the molecule is CC(C)CC(CO)N(C(=O)C1(C(N)=O)CCCCC1)C(CO)CC(C)C. The fraction of sp³-hybridized carbons (Fsp3) is 0.900. The number of carbonyl (C=O) groups excluding carboxylic acids is 2. The first kappa shape index (κ1) is 22.9. The molecule has 0 heterocycles. The Morgan fingerprint density at radius 1 is 0.923 bits per heavy atom. The number of hydrogen-bond acceptors (Lipinski definition) is 4. The van der Waals surface area contributed by atoms with E-state index in [4.69, 9.17) is 5.73 Å². The van der Waals surface area contributed by atoms with Gasteiger partial charge in [-0.15, -0.1) is 0 Å². The van der Waals surface area contributed by atoms with E-state index in [2.05, 4.69) is 0 Å². The Bertz CT molecular complexity index is 441. The predicted molar refractivity (Wildman–Crippen MR) is 102 cm³/mol. The van der Waals surface area contributed by atoms with Crippen molar-refractivity contribution < 1.29 is 19.8 Å². The molecule has 0 aromatic carbocycles. The molecular formula is C20H38N2O4. The number of primary amides is 1. The second kappa shape index (κ2) is 10.3. The van der Waals surface area contributed by atoms with Crippen molar-refractivity contribution in [3.05, 3.63) is 0 Å². The van der Waals surface area contributed by atoms with E-state index < -0.39 is 23.4 Å². The summed E-state index contributed by atoms with van der Waals surface area (Å²) in [5.74, 6) is -0.327. The lowest BCUT2D eigenvalue weighted by atomic mass is 9.71. The zero-order valence-corrected chi connectivity index (χ0v) is 16.9. The maximum Gasteiger partial charge on any atom is 0.238 e. The minimum atomic E-state index is -1.20. The van der Waals surface area contributed by atoms with Crippen LogP contribution in [0, 0.1) is 17.3 Å². The van der Waals surface area contributed by atoms with Gasteiger partial charge in [0.25, 0.3) is 0 Å². The number of rotatable bonds is 10. The average Bonchev–Trinajstić information content (AvgIpc) is 2.59. The number of amides is 2. The molecule has 0 aliphatic heterocycles. The van der Waals surface area contributed by atoms with Crippen LogP contribution in [-0.4, -0.2) is 52.2 Å². The number of nitrogens with zero attached hydrogens (tertiary/aromatic N) is 1.